The third-order valence-electron chi connectivity index (χ3n) is 4.80. The third-order valence-corrected chi connectivity index (χ3v) is 4.80. The smallest absolute Gasteiger partial charge is 0.123 e. The Balaban J connectivity index is 1.85. The van der Waals surface area contributed by atoms with E-state index in [1.165, 1.54) is 17.7 Å². The summed E-state index contributed by atoms with van der Waals surface area (Å²) in [4.78, 5) is 0. The number of halogens is 1. The van der Waals surface area contributed by atoms with E-state index < -0.39 is 0 Å². The van der Waals surface area contributed by atoms with Gasteiger partial charge in [0.15, 0.2) is 0 Å². The minimum atomic E-state index is -0.241. The number of aromatic nitrogens is 2. The molecule has 0 radical (unpaired) electrons. The van der Waals surface area contributed by atoms with Crippen LogP contribution in [0.5, 0.6) is 0 Å². The van der Waals surface area contributed by atoms with Crippen LogP contribution < -0.4 is 5.32 Å². The zero-order valence-electron chi connectivity index (χ0n) is 17.1. The van der Waals surface area contributed by atoms with E-state index >= 15 is 0 Å². The molecule has 0 aliphatic carbocycles. The van der Waals surface area contributed by atoms with E-state index in [0.717, 1.165) is 45.5 Å². The van der Waals surface area contributed by atoms with Gasteiger partial charge in [0, 0.05) is 23.2 Å². The van der Waals surface area contributed by atoms with Gasteiger partial charge in [0.25, 0.3) is 0 Å². The highest BCUT2D eigenvalue weighted by molar-refractivity contribution is 5.94. The van der Waals surface area contributed by atoms with Crippen molar-refractivity contribution in [3.8, 4) is 0 Å². The van der Waals surface area contributed by atoms with Gasteiger partial charge in [-0.05, 0) is 56.2 Å². The average molecular weight is 388 g/mol. The fourth-order valence-electron chi connectivity index (χ4n) is 3.17. The normalized spacial score (nSPS) is 12.3. The first-order chi connectivity index (χ1) is 14.0. The highest BCUT2D eigenvalue weighted by atomic mass is 19.1. The lowest BCUT2D eigenvalue weighted by atomic mass is 10.00. The molecule has 1 aromatic heterocycles. The van der Waals surface area contributed by atoms with Crippen LogP contribution in [-0.2, 0) is 0 Å². The molecule has 148 valence electrons. The summed E-state index contributed by atoms with van der Waals surface area (Å²) in [7, 11) is 0. The predicted octanol–water partition coefficient (Wildman–Crippen LogP) is 6.26. The number of allylic oxidation sites excluding steroid dienone is 3. The van der Waals surface area contributed by atoms with Crippen LogP contribution in [0.4, 0.5) is 4.39 Å². The molecule has 3 rings (SSSR count). The first kappa shape index (κ1) is 20.3. The van der Waals surface area contributed by atoms with Crippen LogP contribution >= 0.6 is 0 Å². The maximum absolute atomic E-state index is 13.1. The Hall–Kier alpha value is -3.40. The van der Waals surface area contributed by atoms with Crippen LogP contribution in [0.15, 0.2) is 66.8 Å². The number of nitrogens with zero attached hydrogens (tertiary/aromatic N) is 1. The molecule has 4 heteroatoms. The molecular formula is C25H26FN3. The number of benzene rings is 2. The standard InChI is InChI=1S/C25H26FN3/c1-5-6-7-17(2)16-27-19(4)22-13-15-24-25(18(22)3)23(28-29-24)14-10-20-8-11-21(26)12-9-20/h5-15,27H,4,16H2,1-3H3,(H,28,29)/b6-5-,14-10+,17-7+. The molecular weight excluding hydrogens is 361 g/mol. The molecule has 3 aromatic rings. The summed E-state index contributed by atoms with van der Waals surface area (Å²) in [6.07, 6.45) is 10.0. The summed E-state index contributed by atoms with van der Waals surface area (Å²) in [5.41, 5.74) is 7.03. The summed E-state index contributed by atoms with van der Waals surface area (Å²) in [5, 5.41) is 12.0. The molecule has 3 nitrogen and oxygen atoms in total. The van der Waals surface area contributed by atoms with E-state index in [0.29, 0.717) is 0 Å². The Bertz CT molecular complexity index is 1100. The van der Waals surface area contributed by atoms with Crippen molar-refractivity contribution in [2.75, 3.05) is 6.54 Å². The van der Waals surface area contributed by atoms with Crippen LogP contribution in [0.2, 0.25) is 0 Å². The average Bonchev–Trinajstić information content (AvgIpc) is 3.14. The van der Waals surface area contributed by atoms with E-state index in [4.69, 9.17) is 0 Å². The van der Waals surface area contributed by atoms with E-state index in [9.17, 15) is 4.39 Å². The monoisotopic (exact) mass is 387 g/mol. The van der Waals surface area contributed by atoms with Gasteiger partial charge in [-0.1, -0.05) is 54.7 Å². The quantitative estimate of drug-likeness (QED) is 0.470. The molecule has 2 N–H and O–H groups in total. The van der Waals surface area contributed by atoms with Crippen molar-refractivity contribution in [1.29, 1.82) is 0 Å². The largest absolute Gasteiger partial charge is 0.381 e. The van der Waals surface area contributed by atoms with Gasteiger partial charge in [0.2, 0.25) is 0 Å². The Morgan fingerprint density at radius 3 is 2.66 bits per heavy atom. The zero-order chi connectivity index (χ0) is 20.8. The number of rotatable bonds is 7. The Morgan fingerprint density at radius 1 is 1.17 bits per heavy atom. The summed E-state index contributed by atoms with van der Waals surface area (Å²) < 4.78 is 13.1. The first-order valence-electron chi connectivity index (χ1n) is 9.62. The lowest BCUT2D eigenvalue weighted by molar-refractivity contribution is 0.628. The van der Waals surface area contributed by atoms with Crippen LogP contribution in [-0.4, -0.2) is 16.7 Å². The van der Waals surface area contributed by atoms with Crippen molar-refractivity contribution in [3.05, 3.63) is 95.0 Å². The van der Waals surface area contributed by atoms with Gasteiger partial charge < -0.3 is 5.32 Å². The Kier molecular flexibility index (Phi) is 6.45. The third kappa shape index (κ3) is 4.91. The number of hydrogen-bond donors (Lipinski definition) is 2. The fourth-order valence-corrected chi connectivity index (χ4v) is 3.17. The van der Waals surface area contributed by atoms with Gasteiger partial charge in [-0.15, -0.1) is 0 Å². The topological polar surface area (TPSA) is 40.7 Å². The first-order valence-corrected chi connectivity index (χ1v) is 9.62. The summed E-state index contributed by atoms with van der Waals surface area (Å²) in [5.74, 6) is -0.241. The van der Waals surface area contributed by atoms with Crippen molar-refractivity contribution in [2.24, 2.45) is 0 Å². The maximum Gasteiger partial charge on any atom is 0.123 e. The van der Waals surface area contributed by atoms with Gasteiger partial charge >= 0.3 is 0 Å². The van der Waals surface area contributed by atoms with Crippen molar-refractivity contribution in [3.63, 3.8) is 0 Å². The van der Waals surface area contributed by atoms with E-state index in [2.05, 4.69) is 48.1 Å². The number of nitrogens with one attached hydrogen (secondary N) is 2. The molecule has 0 saturated carbocycles. The molecule has 0 saturated heterocycles. The maximum atomic E-state index is 13.1. The number of hydrogen-bond acceptors (Lipinski definition) is 2. The van der Waals surface area contributed by atoms with Crippen molar-refractivity contribution >= 4 is 28.8 Å². The van der Waals surface area contributed by atoms with Crippen LogP contribution in [0, 0.1) is 12.7 Å². The molecule has 0 atom stereocenters. The second kappa shape index (κ2) is 9.20. The summed E-state index contributed by atoms with van der Waals surface area (Å²) >= 11 is 0. The molecule has 0 spiro atoms. The van der Waals surface area contributed by atoms with Crippen molar-refractivity contribution < 1.29 is 4.39 Å². The minimum absolute atomic E-state index is 0.241. The lowest BCUT2D eigenvalue weighted by Crippen LogP contribution is -2.14. The molecule has 0 bridgehead atoms. The van der Waals surface area contributed by atoms with Crippen LogP contribution in [0.1, 0.15) is 36.2 Å². The molecule has 2 aromatic carbocycles. The van der Waals surface area contributed by atoms with E-state index in [1.807, 2.05) is 37.3 Å². The van der Waals surface area contributed by atoms with Gasteiger partial charge in [-0.3, -0.25) is 5.10 Å². The van der Waals surface area contributed by atoms with E-state index in [-0.39, 0.29) is 5.82 Å². The Morgan fingerprint density at radius 2 is 1.93 bits per heavy atom. The second-order valence-electron chi connectivity index (χ2n) is 7.03. The van der Waals surface area contributed by atoms with Crippen LogP contribution in [0.3, 0.4) is 0 Å². The summed E-state index contributed by atoms with van der Waals surface area (Å²) in [6, 6.07) is 10.5. The van der Waals surface area contributed by atoms with Gasteiger partial charge in [0.05, 0.1) is 11.2 Å². The molecule has 0 aliphatic heterocycles. The number of H-pyrrole nitrogens is 1. The minimum Gasteiger partial charge on any atom is -0.381 e. The molecule has 0 amide bonds. The van der Waals surface area contributed by atoms with Gasteiger partial charge in [0.1, 0.15) is 5.82 Å². The number of aromatic amines is 1. The number of fused-ring (bicyclic) bond motifs is 1. The lowest BCUT2D eigenvalue weighted by Gasteiger charge is -2.13. The second-order valence-corrected chi connectivity index (χ2v) is 7.03. The number of aryl methyl sites for hydroxylation is 1. The zero-order valence-corrected chi connectivity index (χ0v) is 17.1. The van der Waals surface area contributed by atoms with E-state index in [1.54, 1.807) is 12.1 Å². The Labute approximate surface area is 171 Å². The van der Waals surface area contributed by atoms with Crippen molar-refractivity contribution in [2.45, 2.75) is 20.8 Å². The SMILES string of the molecule is C=C(NC/C(C)=C/C=C\C)c1ccc2[nH]nc(/C=C/c3ccc(F)cc3)c2c1C. The summed E-state index contributed by atoms with van der Waals surface area (Å²) in [6.45, 7) is 11.1. The fraction of sp³-hybridized carbons (Fsp3) is 0.160. The van der Waals surface area contributed by atoms with Gasteiger partial charge in [-0.2, -0.15) is 5.10 Å². The molecule has 0 fully saturated rings. The van der Waals surface area contributed by atoms with Crippen molar-refractivity contribution in [1.82, 2.24) is 15.5 Å². The van der Waals surface area contributed by atoms with Gasteiger partial charge in [-0.25, -0.2) is 4.39 Å². The predicted molar refractivity (Wildman–Crippen MR) is 122 cm³/mol. The highest BCUT2D eigenvalue weighted by Crippen LogP contribution is 2.27. The molecule has 0 unspecified atom stereocenters. The molecule has 1 heterocycles. The van der Waals surface area contributed by atoms with Crippen LogP contribution in [0.25, 0.3) is 28.8 Å². The molecule has 0 aliphatic rings. The highest BCUT2D eigenvalue weighted by Gasteiger charge is 2.11. The molecule has 29 heavy (non-hydrogen) atoms.